The van der Waals surface area contributed by atoms with Crippen LogP contribution in [-0.4, -0.2) is 55.0 Å². The zero-order chi connectivity index (χ0) is 23.7. The van der Waals surface area contributed by atoms with Gasteiger partial charge in [0.1, 0.15) is 6.61 Å². The van der Waals surface area contributed by atoms with Crippen molar-refractivity contribution in [3.05, 3.63) is 70.6 Å². The van der Waals surface area contributed by atoms with Crippen molar-refractivity contribution in [2.24, 2.45) is 0 Å². The number of benzene rings is 2. The van der Waals surface area contributed by atoms with E-state index in [1.165, 1.54) is 4.88 Å². The Morgan fingerprint density at radius 2 is 2.00 bits per heavy atom. The molecule has 0 radical (unpaired) electrons. The first-order valence-electron chi connectivity index (χ1n) is 11.5. The lowest BCUT2D eigenvalue weighted by atomic mass is 9.99. The van der Waals surface area contributed by atoms with Crippen LogP contribution >= 0.6 is 11.3 Å². The van der Waals surface area contributed by atoms with Crippen molar-refractivity contribution >= 4 is 23.2 Å². The molecule has 1 saturated heterocycles. The molecule has 6 nitrogen and oxygen atoms in total. The first-order valence-corrected chi connectivity index (χ1v) is 12.3. The third-order valence-corrected chi connectivity index (χ3v) is 7.56. The molecular weight excluding hydrogens is 448 g/mol. The number of rotatable bonds is 5. The molecule has 1 aromatic heterocycles. The standard InChI is InChI=1S/C27H28N2O4S/c1-18-8-9-24(34-18)20-12-22-16-28(10-11-33-27(22)23(13-20)32-2)26(31)17-29-15-21(14-25(29)30)19-6-4-3-5-7-19/h3-9,12-13,21H,10-11,14-17H2,1-2H3. The summed E-state index contributed by atoms with van der Waals surface area (Å²) >= 11 is 1.72. The molecule has 0 saturated carbocycles. The van der Waals surface area contributed by atoms with Crippen molar-refractivity contribution in [2.75, 3.05) is 33.4 Å². The molecule has 0 spiro atoms. The van der Waals surface area contributed by atoms with E-state index in [0.717, 1.165) is 21.6 Å². The van der Waals surface area contributed by atoms with Gasteiger partial charge in [0.15, 0.2) is 11.5 Å². The van der Waals surface area contributed by atoms with Gasteiger partial charge in [0.25, 0.3) is 0 Å². The highest BCUT2D eigenvalue weighted by Gasteiger charge is 2.33. The van der Waals surface area contributed by atoms with Crippen molar-refractivity contribution in [3.8, 4) is 21.9 Å². The Balaban J connectivity index is 1.33. The van der Waals surface area contributed by atoms with Gasteiger partial charge >= 0.3 is 0 Å². The smallest absolute Gasteiger partial charge is 0.242 e. The average molecular weight is 477 g/mol. The number of nitrogens with zero attached hydrogens (tertiary/aromatic N) is 2. The number of carbonyl (C=O) groups excluding carboxylic acids is 2. The molecule has 5 rings (SSSR count). The highest BCUT2D eigenvalue weighted by molar-refractivity contribution is 7.15. The number of fused-ring (bicyclic) bond motifs is 1. The molecule has 1 atom stereocenters. The maximum absolute atomic E-state index is 13.3. The van der Waals surface area contributed by atoms with Crippen molar-refractivity contribution in [3.63, 3.8) is 0 Å². The van der Waals surface area contributed by atoms with E-state index in [0.29, 0.717) is 44.2 Å². The molecule has 2 aliphatic rings. The van der Waals surface area contributed by atoms with Crippen LogP contribution in [0.1, 0.15) is 28.3 Å². The Bertz CT molecular complexity index is 1210. The fourth-order valence-electron chi connectivity index (χ4n) is 4.72. The number of hydrogen-bond acceptors (Lipinski definition) is 5. The van der Waals surface area contributed by atoms with Gasteiger partial charge in [-0.25, -0.2) is 0 Å². The molecule has 2 aromatic carbocycles. The normalized spacial score (nSPS) is 17.8. The van der Waals surface area contributed by atoms with E-state index in [4.69, 9.17) is 9.47 Å². The van der Waals surface area contributed by atoms with Crippen LogP contribution in [0.5, 0.6) is 11.5 Å². The molecule has 2 aliphatic heterocycles. The second-order valence-corrected chi connectivity index (χ2v) is 10.1. The molecule has 176 valence electrons. The largest absolute Gasteiger partial charge is 0.493 e. The van der Waals surface area contributed by atoms with Crippen LogP contribution < -0.4 is 9.47 Å². The second-order valence-electron chi connectivity index (χ2n) is 8.83. The van der Waals surface area contributed by atoms with E-state index in [1.807, 2.05) is 36.4 Å². The van der Waals surface area contributed by atoms with Crippen LogP contribution in [0.2, 0.25) is 0 Å². The summed E-state index contributed by atoms with van der Waals surface area (Å²) in [5.74, 6) is 1.47. The highest BCUT2D eigenvalue weighted by Crippen LogP contribution is 2.40. The predicted octanol–water partition coefficient (Wildman–Crippen LogP) is 4.47. The van der Waals surface area contributed by atoms with E-state index in [2.05, 4.69) is 25.1 Å². The number of amides is 2. The summed E-state index contributed by atoms with van der Waals surface area (Å²) in [5, 5.41) is 0. The third kappa shape index (κ3) is 4.53. The molecule has 7 heteroatoms. The summed E-state index contributed by atoms with van der Waals surface area (Å²) in [6, 6.07) is 18.3. The summed E-state index contributed by atoms with van der Waals surface area (Å²) in [4.78, 5) is 31.8. The quantitative estimate of drug-likeness (QED) is 0.545. The van der Waals surface area contributed by atoms with E-state index < -0.39 is 0 Å². The van der Waals surface area contributed by atoms with Crippen LogP contribution in [0.15, 0.2) is 54.6 Å². The molecule has 2 amide bonds. The maximum Gasteiger partial charge on any atom is 0.242 e. The number of aryl methyl sites for hydroxylation is 1. The zero-order valence-electron chi connectivity index (χ0n) is 19.5. The van der Waals surface area contributed by atoms with Crippen LogP contribution in [0.25, 0.3) is 10.4 Å². The number of carbonyl (C=O) groups is 2. The van der Waals surface area contributed by atoms with Crippen LogP contribution in [-0.2, 0) is 16.1 Å². The fraction of sp³-hybridized carbons (Fsp3) is 0.333. The predicted molar refractivity (Wildman–Crippen MR) is 132 cm³/mol. The van der Waals surface area contributed by atoms with Crippen molar-refractivity contribution in [1.29, 1.82) is 0 Å². The van der Waals surface area contributed by atoms with Crippen molar-refractivity contribution in [1.82, 2.24) is 9.80 Å². The molecule has 1 fully saturated rings. The van der Waals surface area contributed by atoms with Crippen molar-refractivity contribution < 1.29 is 19.1 Å². The molecule has 0 aliphatic carbocycles. The molecule has 1 unspecified atom stereocenters. The Morgan fingerprint density at radius 3 is 2.74 bits per heavy atom. The number of thiophene rings is 1. The maximum atomic E-state index is 13.3. The lowest BCUT2D eigenvalue weighted by Crippen LogP contribution is -2.41. The minimum atomic E-state index is -0.0603. The Morgan fingerprint density at radius 1 is 1.18 bits per heavy atom. The summed E-state index contributed by atoms with van der Waals surface area (Å²) in [5.41, 5.74) is 3.11. The van der Waals surface area contributed by atoms with Crippen LogP contribution in [0.4, 0.5) is 0 Å². The van der Waals surface area contributed by atoms with Crippen LogP contribution in [0, 0.1) is 6.92 Å². The second kappa shape index (κ2) is 9.50. The first kappa shape index (κ1) is 22.5. The SMILES string of the molecule is COc1cc(-c2ccc(C)s2)cc2c1OCCN(C(=O)CN1CC(c3ccccc3)CC1=O)C2. The zero-order valence-corrected chi connectivity index (χ0v) is 20.3. The lowest BCUT2D eigenvalue weighted by Gasteiger charge is -2.24. The number of methoxy groups -OCH3 is 1. The summed E-state index contributed by atoms with van der Waals surface area (Å²) in [6.45, 7) is 4.03. The summed E-state index contributed by atoms with van der Waals surface area (Å²) < 4.78 is 11.6. The summed E-state index contributed by atoms with van der Waals surface area (Å²) in [6.07, 6.45) is 0.448. The molecule has 0 N–H and O–H groups in total. The van der Waals surface area contributed by atoms with Gasteiger partial charge in [0.05, 0.1) is 20.2 Å². The highest BCUT2D eigenvalue weighted by atomic mass is 32.1. The Hall–Kier alpha value is -3.32. The summed E-state index contributed by atoms with van der Waals surface area (Å²) in [7, 11) is 1.64. The minimum absolute atomic E-state index is 0.0331. The van der Waals surface area contributed by atoms with E-state index >= 15 is 0 Å². The average Bonchev–Trinajstić information content (AvgIpc) is 3.37. The molecule has 3 aromatic rings. The Kier molecular flexibility index (Phi) is 6.28. The van der Waals surface area contributed by atoms with Gasteiger partial charge in [-0.05, 0) is 42.3 Å². The first-order chi connectivity index (χ1) is 16.5. The van der Waals surface area contributed by atoms with Gasteiger partial charge in [0, 0.05) is 40.7 Å². The van der Waals surface area contributed by atoms with Crippen LogP contribution in [0.3, 0.4) is 0 Å². The third-order valence-electron chi connectivity index (χ3n) is 6.51. The monoisotopic (exact) mass is 476 g/mol. The van der Waals surface area contributed by atoms with Gasteiger partial charge in [-0.1, -0.05) is 30.3 Å². The molecule has 0 bridgehead atoms. The molecule has 3 heterocycles. The van der Waals surface area contributed by atoms with E-state index in [1.54, 1.807) is 28.2 Å². The number of hydrogen-bond donors (Lipinski definition) is 0. The van der Waals surface area contributed by atoms with Gasteiger partial charge in [0.2, 0.25) is 11.8 Å². The minimum Gasteiger partial charge on any atom is -0.493 e. The van der Waals surface area contributed by atoms with E-state index in [-0.39, 0.29) is 24.3 Å². The Labute approximate surface area is 203 Å². The molecular formula is C27H28N2O4S. The van der Waals surface area contributed by atoms with Gasteiger partial charge in [-0.3, -0.25) is 9.59 Å². The fourth-order valence-corrected chi connectivity index (χ4v) is 5.57. The van der Waals surface area contributed by atoms with Gasteiger partial charge in [-0.2, -0.15) is 0 Å². The van der Waals surface area contributed by atoms with Gasteiger partial charge in [-0.15, -0.1) is 11.3 Å². The van der Waals surface area contributed by atoms with E-state index in [9.17, 15) is 9.59 Å². The lowest BCUT2D eigenvalue weighted by molar-refractivity contribution is -0.138. The number of ether oxygens (including phenoxy) is 2. The topological polar surface area (TPSA) is 59.1 Å². The molecule has 34 heavy (non-hydrogen) atoms. The number of likely N-dealkylation sites (tertiary alicyclic amines) is 1. The van der Waals surface area contributed by atoms with Crippen molar-refractivity contribution in [2.45, 2.75) is 25.8 Å². The van der Waals surface area contributed by atoms with Gasteiger partial charge < -0.3 is 19.3 Å².